The number of aryl methyl sites for hydroxylation is 2. The van der Waals surface area contributed by atoms with Crippen molar-refractivity contribution < 1.29 is 14.3 Å². The van der Waals surface area contributed by atoms with E-state index in [1.54, 1.807) is 11.6 Å². The van der Waals surface area contributed by atoms with E-state index in [1.165, 1.54) is 0 Å². The quantitative estimate of drug-likeness (QED) is 0.293. The van der Waals surface area contributed by atoms with E-state index in [-0.39, 0.29) is 18.6 Å². The van der Waals surface area contributed by atoms with Gasteiger partial charge >= 0.3 is 5.97 Å². The highest BCUT2D eigenvalue weighted by Crippen LogP contribution is 2.37. The summed E-state index contributed by atoms with van der Waals surface area (Å²) in [6.45, 7) is 9.55. The van der Waals surface area contributed by atoms with Gasteiger partial charge in [-0.15, -0.1) is 5.10 Å². The molecule has 5 rings (SSSR count). The standard InChI is InChI=1S/C28H33ClN6O3/c1-6-38-28(36)25-26(35(16(2)3)27(31-25)19-11-12-37-15-19)24(18-7-9-20(29)10-8-18)30-21-13-17(4)23-22(14-21)34(5)33-32-23/h7-10,13-14,16,19,24,30H,6,11-12,15H2,1-5H3. The molecule has 0 amide bonds. The topological polar surface area (TPSA) is 96.1 Å². The molecule has 1 N–H and O–H groups in total. The number of carbonyl (C=O) groups is 1. The van der Waals surface area contributed by atoms with Gasteiger partial charge in [0, 0.05) is 36.3 Å². The van der Waals surface area contributed by atoms with E-state index < -0.39 is 12.0 Å². The minimum atomic E-state index is -0.440. The van der Waals surface area contributed by atoms with Crippen molar-refractivity contribution in [1.29, 1.82) is 0 Å². The van der Waals surface area contributed by atoms with Crippen LogP contribution in [-0.2, 0) is 16.5 Å². The van der Waals surface area contributed by atoms with E-state index in [0.717, 1.165) is 45.8 Å². The monoisotopic (exact) mass is 536 g/mol. The Balaban J connectivity index is 1.73. The second-order valence-electron chi connectivity index (χ2n) is 9.95. The maximum absolute atomic E-state index is 13.4. The van der Waals surface area contributed by atoms with E-state index in [4.69, 9.17) is 26.1 Å². The van der Waals surface area contributed by atoms with Gasteiger partial charge in [0.25, 0.3) is 0 Å². The summed E-state index contributed by atoms with van der Waals surface area (Å²) in [5.74, 6) is 0.508. The Hall–Kier alpha value is -3.43. The first kappa shape index (κ1) is 26.2. The Kier molecular flexibility index (Phi) is 7.40. The fourth-order valence-corrected chi connectivity index (χ4v) is 5.30. The van der Waals surface area contributed by atoms with Gasteiger partial charge in [0.15, 0.2) is 5.69 Å². The summed E-state index contributed by atoms with van der Waals surface area (Å²) in [4.78, 5) is 18.3. The number of fused-ring (bicyclic) bond motifs is 1. The highest BCUT2D eigenvalue weighted by Gasteiger charge is 2.35. The molecular formula is C28H33ClN6O3. The normalized spacial score (nSPS) is 16.3. The van der Waals surface area contributed by atoms with Crippen LogP contribution in [0.3, 0.4) is 0 Å². The molecule has 1 aliphatic heterocycles. The molecular weight excluding hydrogens is 504 g/mol. The third kappa shape index (κ3) is 4.88. The number of esters is 1. The second kappa shape index (κ2) is 10.7. The number of carbonyl (C=O) groups excluding carboxylic acids is 1. The van der Waals surface area contributed by atoms with Crippen LogP contribution in [-0.4, -0.2) is 50.3 Å². The van der Waals surface area contributed by atoms with Crippen LogP contribution in [0.4, 0.5) is 5.69 Å². The number of halogens is 1. The van der Waals surface area contributed by atoms with E-state index in [9.17, 15) is 4.79 Å². The summed E-state index contributed by atoms with van der Waals surface area (Å²) >= 11 is 6.27. The minimum absolute atomic E-state index is 0.0402. The van der Waals surface area contributed by atoms with Crippen LogP contribution in [0.15, 0.2) is 36.4 Å². The highest BCUT2D eigenvalue weighted by molar-refractivity contribution is 6.30. The van der Waals surface area contributed by atoms with E-state index in [1.807, 2.05) is 50.4 Å². The second-order valence-corrected chi connectivity index (χ2v) is 10.4. The van der Waals surface area contributed by atoms with Gasteiger partial charge in [0.05, 0.1) is 30.5 Å². The van der Waals surface area contributed by atoms with Crippen molar-refractivity contribution in [1.82, 2.24) is 24.5 Å². The van der Waals surface area contributed by atoms with Gasteiger partial charge in [0.2, 0.25) is 0 Å². The molecule has 1 aliphatic rings. The zero-order valence-electron chi connectivity index (χ0n) is 22.4. The van der Waals surface area contributed by atoms with Gasteiger partial charge in [-0.25, -0.2) is 14.5 Å². The number of aromatic nitrogens is 5. The average Bonchev–Trinajstić information content (AvgIpc) is 3.62. The number of nitrogens with one attached hydrogen (secondary N) is 1. The molecule has 1 fully saturated rings. The molecule has 0 spiro atoms. The number of imidazole rings is 1. The fourth-order valence-electron chi connectivity index (χ4n) is 5.17. The zero-order valence-corrected chi connectivity index (χ0v) is 23.1. The Morgan fingerprint density at radius 3 is 2.68 bits per heavy atom. The summed E-state index contributed by atoms with van der Waals surface area (Å²) < 4.78 is 15.1. The van der Waals surface area contributed by atoms with E-state index >= 15 is 0 Å². The molecule has 2 aromatic carbocycles. The molecule has 0 aliphatic carbocycles. The van der Waals surface area contributed by atoms with Crippen LogP contribution in [0.25, 0.3) is 11.0 Å². The number of rotatable bonds is 8. The molecule has 0 bridgehead atoms. The molecule has 2 aromatic heterocycles. The summed E-state index contributed by atoms with van der Waals surface area (Å²) in [5, 5.41) is 12.8. The van der Waals surface area contributed by atoms with Crippen molar-refractivity contribution in [3.8, 4) is 0 Å². The third-order valence-electron chi connectivity index (χ3n) is 6.95. The molecule has 200 valence electrons. The smallest absolute Gasteiger partial charge is 0.358 e. The van der Waals surface area contributed by atoms with Crippen LogP contribution >= 0.6 is 11.6 Å². The molecule has 4 aromatic rings. The van der Waals surface area contributed by atoms with E-state index in [2.05, 4.69) is 34.0 Å². The number of anilines is 1. The lowest BCUT2D eigenvalue weighted by Crippen LogP contribution is -2.23. The molecule has 2 unspecified atom stereocenters. The first-order valence-electron chi connectivity index (χ1n) is 13.0. The minimum Gasteiger partial charge on any atom is -0.461 e. The van der Waals surface area contributed by atoms with Crippen molar-refractivity contribution >= 4 is 34.3 Å². The van der Waals surface area contributed by atoms with Gasteiger partial charge < -0.3 is 19.4 Å². The number of hydrogen-bond acceptors (Lipinski definition) is 7. The van der Waals surface area contributed by atoms with Crippen LogP contribution in [0, 0.1) is 6.92 Å². The largest absolute Gasteiger partial charge is 0.461 e. The average molecular weight is 537 g/mol. The zero-order chi connectivity index (χ0) is 27.0. The maximum Gasteiger partial charge on any atom is 0.358 e. The Bertz CT molecular complexity index is 1450. The lowest BCUT2D eigenvalue weighted by Gasteiger charge is -2.26. The highest BCUT2D eigenvalue weighted by atomic mass is 35.5. The van der Waals surface area contributed by atoms with Crippen molar-refractivity contribution in [2.45, 2.75) is 52.1 Å². The van der Waals surface area contributed by atoms with Crippen LogP contribution < -0.4 is 5.32 Å². The first-order chi connectivity index (χ1) is 18.3. The summed E-state index contributed by atoms with van der Waals surface area (Å²) in [7, 11) is 1.87. The SMILES string of the molecule is CCOC(=O)c1nc(C2CCOC2)n(C(C)C)c1C(Nc1cc(C)c2nnn(C)c2c1)c1ccc(Cl)cc1. The van der Waals surface area contributed by atoms with Crippen molar-refractivity contribution in [3.63, 3.8) is 0 Å². The lowest BCUT2D eigenvalue weighted by atomic mass is 10.00. The third-order valence-corrected chi connectivity index (χ3v) is 7.20. The predicted octanol–water partition coefficient (Wildman–Crippen LogP) is 5.59. The van der Waals surface area contributed by atoms with Gasteiger partial charge in [0.1, 0.15) is 11.3 Å². The lowest BCUT2D eigenvalue weighted by molar-refractivity contribution is 0.0518. The molecule has 3 heterocycles. The number of benzene rings is 2. The van der Waals surface area contributed by atoms with Crippen LogP contribution in [0.1, 0.15) is 78.3 Å². The number of hydrogen-bond donors (Lipinski definition) is 1. The summed E-state index contributed by atoms with van der Waals surface area (Å²) in [5.41, 5.74) is 5.64. The fraction of sp³-hybridized carbons (Fsp3) is 0.429. The van der Waals surface area contributed by atoms with Crippen molar-refractivity contribution in [2.75, 3.05) is 25.1 Å². The van der Waals surface area contributed by atoms with Crippen molar-refractivity contribution in [3.05, 3.63) is 69.8 Å². The van der Waals surface area contributed by atoms with Crippen LogP contribution in [0.2, 0.25) is 5.02 Å². The number of nitrogens with zero attached hydrogens (tertiary/aromatic N) is 5. The Labute approximate surface area is 227 Å². The molecule has 9 nitrogen and oxygen atoms in total. The van der Waals surface area contributed by atoms with Crippen molar-refractivity contribution in [2.24, 2.45) is 7.05 Å². The molecule has 2 atom stereocenters. The molecule has 1 saturated heterocycles. The van der Waals surface area contributed by atoms with Gasteiger partial charge in [-0.1, -0.05) is 28.9 Å². The maximum atomic E-state index is 13.4. The molecule has 10 heteroatoms. The van der Waals surface area contributed by atoms with Gasteiger partial charge in [-0.2, -0.15) is 0 Å². The molecule has 0 radical (unpaired) electrons. The van der Waals surface area contributed by atoms with Gasteiger partial charge in [-0.05, 0) is 69.5 Å². The number of ether oxygens (including phenoxy) is 2. The predicted molar refractivity (Wildman–Crippen MR) is 147 cm³/mol. The Morgan fingerprint density at radius 2 is 2.03 bits per heavy atom. The summed E-state index contributed by atoms with van der Waals surface area (Å²) in [6, 6.07) is 11.4. The molecule has 0 saturated carbocycles. The summed E-state index contributed by atoms with van der Waals surface area (Å²) in [6.07, 6.45) is 0.855. The molecule has 38 heavy (non-hydrogen) atoms. The Morgan fingerprint density at radius 1 is 1.26 bits per heavy atom. The van der Waals surface area contributed by atoms with Crippen LogP contribution in [0.5, 0.6) is 0 Å². The van der Waals surface area contributed by atoms with E-state index in [0.29, 0.717) is 23.9 Å². The first-order valence-corrected chi connectivity index (χ1v) is 13.3. The van der Waals surface area contributed by atoms with Gasteiger partial charge in [-0.3, -0.25) is 0 Å².